The molecule has 8 nitrogen and oxygen atoms in total. The Morgan fingerprint density at radius 3 is 1.27 bits per heavy atom. The highest BCUT2D eigenvalue weighted by Crippen LogP contribution is 2.52. The molecule has 0 saturated heterocycles. The van der Waals surface area contributed by atoms with Gasteiger partial charge in [0.25, 0.3) is 0 Å². The zero-order chi connectivity index (χ0) is 32.9. The summed E-state index contributed by atoms with van der Waals surface area (Å²) < 4.78 is 0. The summed E-state index contributed by atoms with van der Waals surface area (Å²) in [6, 6.07) is 16.9. The third-order valence-electron chi connectivity index (χ3n) is 8.44. The van der Waals surface area contributed by atoms with Gasteiger partial charge in [-0.25, -0.2) is 0 Å². The van der Waals surface area contributed by atoms with Gasteiger partial charge in [0, 0.05) is 57.3 Å². The number of aromatic hydroxyl groups is 8. The van der Waals surface area contributed by atoms with Crippen LogP contribution in [0.1, 0.15) is 55.9 Å². The van der Waals surface area contributed by atoms with Crippen molar-refractivity contribution in [1.29, 1.82) is 0 Å². The third kappa shape index (κ3) is 6.55. The molecule has 0 radical (unpaired) electrons. The van der Waals surface area contributed by atoms with Gasteiger partial charge in [-0.2, -0.15) is 0 Å². The summed E-state index contributed by atoms with van der Waals surface area (Å²) in [5, 5.41) is 84.5. The molecule has 8 N–H and O–H groups in total. The molecule has 0 aliphatic rings. The highest BCUT2D eigenvalue weighted by atomic mass is 16.3. The smallest absolute Gasteiger partial charge is 0.123 e. The Labute approximate surface area is 262 Å². The number of rotatable bonds is 10. The molecule has 0 spiro atoms. The summed E-state index contributed by atoms with van der Waals surface area (Å²) in [7, 11) is 0. The van der Waals surface area contributed by atoms with Crippen LogP contribution in [0.2, 0.25) is 0 Å². The monoisotopic (exact) mass is 610 g/mol. The van der Waals surface area contributed by atoms with Crippen LogP contribution in [0.5, 0.6) is 46.0 Å². The Hall–Kier alpha value is -5.50. The molecule has 0 atom stereocenters. The van der Waals surface area contributed by atoms with Crippen molar-refractivity contribution < 1.29 is 40.9 Å². The van der Waals surface area contributed by atoms with E-state index in [1.807, 2.05) is 51.2 Å². The average Bonchev–Trinajstić information content (AvgIpc) is 2.96. The minimum atomic E-state index is -1.23. The van der Waals surface area contributed by atoms with Crippen LogP contribution < -0.4 is 0 Å². The highest BCUT2D eigenvalue weighted by Gasteiger charge is 2.40. The van der Waals surface area contributed by atoms with Crippen molar-refractivity contribution in [1.82, 2.24) is 0 Å². The molecule has 234 valence electrons. The van der Waals surface area contributed by atoms with Crippen LogP contribution in [-0.2, 0) is 10.8 Å². The van der Waals surface area contributed by atoms with Crippen molar-refractivity contribution in [2.45, 2.75) is 44.4 Å². The molecule has 4 rings (SSSR count). The summed E-state index contributed by atoms with van der Waals surface area (Å²) in [5.41, 5.74) is -0.0739. The second-order valence-corrected chi connectivity index (χ2v) is 11.4. The van der Waals surface area contributed by atoms with Crippen LogP contribution in [0.15, 0.2) is 109 Å². The Morgan fingerprint density at radius 2 is 0.911 bits per heavy atom. The van der Waals surface area contributed by atoms with E-state index in [2.05, 4.69) is 0 Å². The first-order chi connectivity index (χ1) is 21.3. The maximum Gasteiger partial charge on any atom is 0.123 e. The normalized spacial score (nSPS) is 12.7. The first-order valence-electron chi connectivity index (χ1n) is 14.4. The van der Waals surface area contributed by atoms with Gasteiger partial charge in [-0.05, 0) is 51.0 Å². The molecule has 0 unspecified atom stereocenters. The zero-order valence-corrected chi connectivity index (χ0v) is 25.3. The number of hydrogen-bond acceptors (Lipinski definition) is 8. The fraction of sp³-hybridized carbons (Fsp3) is 0.189. The van der Waals surface area contributed by atoms with Gasteiger partial charge in [-0.15, -0.1) is 0 Å². The lowest BCUT2D eigenvalue weighted by atomic mass is 9.65. The molecule has 4 aromatic rings. The number of allylic oxidation sites excluding steroid dienone is 6. The van der Waals surface area contributed by atoms with E-state index < -0.39 is 10.8 Å². The lowest BCUT2D eigenvalue weighted by Gasteiger charge is -2.38. The second-order valence-electron chi connectivity index (χ2n) is 11.4. The first-order valence-corrected chi connectivity index (χ1v) is 14.4. The molecule has 0 aromatic heterocycles. The molecule has 0 heterocycles. The van der Waals surface area contributed by atoms with Gasteiger partial charge in [0.2, 0.25) is 0 Å². The summed E-state index contributed by atoms with van der Waals surface area (Å²) in [5.74, 6) is -1.40. The van der Waals surface area contributed by atoms with Crippen LogP contribution in [0.25, 0.3) is 0 Å². The van der Waals surface area contributed by atoms with E-state index in [0.29, 0.717) is 27.8 Å². The van der Waals surface area contributed by atoms with Gasteiger partial charge in [0.1, 0.15) is 46.0 Å². The molecule has 0 saturated carbocycles. The number of phenolic OH excluding ortho intramolecular Hbond substituents is 8. The fourth-order valence-corrected chi connectivity index (χ4v) is 6.00. The van der Waals surface area contributed by atoms with E-state index >= 15 is 0 Å². The number of hydrogen-bond donors (Lipinski definition) is 8. The summed E-state index contributed by atoms with van der Waals surface area (Å²) in [6.07, 6.45) is 9.70. The Morgan fingerprint density at radius 1 is 0.533 bits per heavy atom. The van der Waals surface area contributed by atoms with Gasteiger partial charge in [0.05, 0.1) is 0 Å². The molecule has 45 heavy (non-hydrogen) atoms. The zero-order valence-electron chi connectivity index (χ0n) is 25.3. The third-order valence-corrected chi connectivity index (χ3v) is 8.44. The molecule has 0 bridgehead atoms. The molecule has 0 aliphatic heterocycles. The van der Waals surface area contributed by atoms with E-state index in [-0.39, 0.29) is 58.8 Å². The maximum atomic E-state index is 11.1. The fourth-order valence-electron chi connectivity index (χ4n) is 6.00. The topological polar surface area (TPSA) is 162 Å². The summed E-state index contributed by atoms with van der Waals surface area (Å²) in [4.78, 5) is 0. The molecule has 0 amide bonds. The largest absolute Gasteiger partial charge is 0.508 e. The van der Waals surface area contributed by atoms with Crippen LogP contribution in [-0.4, -0.2) is 40.9 Å². The van der Waals surface area contributed by atoms with E-state index in [4.69, 9.17) is 0 Å². The number of phenols is 8. The lowest BCUT2D eigenvalue weighted by molar-refractivity contribution is 0.399. The van der Waals surface area contributed by atoms with Crippen molar-refractivity contribution in [3.8, 4) is 46.0 Å². The minimum absolute atomic E-state index is 0.138. The van der Waals surface area contributed by atoms with Crippen molar-refractivity contribution in [3.05, 3.63) is 131 Å². The maximum absolute atomic E-state index is 11.1. The number of benzene rings is 4. The van der Waals surface area contributed by atoms with Gasteiger partial charge in [0.15, 0.2) is 0 Å². The summed E-state index contributed by atoms with van der Waals surface area (Å²) in [6.45, 7) is 5.52. The van der Waals surface area contributed by atoms with Crippen LogP contribution >= 0.6 is 0 Å². The van der Waals surface area contributed by atoms with Gasteiger partial charge in [-0.3, -0.25) is 0 Å². The van der Waals surface area contributed by atoms with Crippen LogP contribution in [0.3, 0.4) is 0 Å². The van der Waals surface area contributed by atoms with Crippen molar-refractivity contribution in [2.24, 2.45) is 0 Å². The van der Waals surface area contributed by atoms with Gasteiger partial charge >= 0.3 is 0 Å². The predicted molar refractivity (Wildman–Crippen MR) is 173 cm³/mol. The molecule has 8 heteroatoms. The molecular weight excluding hydrogens is 572 g/mol. The Bertz CT molecular complexity index is 1680. The van der Waals surface area contributed by atoms with Crippen LogP contribution in [0, 0.1) is 0 Å². The quantitative estimate of drug-likeness (QED) is 0.0857. The second kappa shape index (κ2) is 13.0. The van der Waals surface area contributed by atoms with Gasteiger partial charge < -0.3 is 40.9 Å². The van der Waals surface area contributed by atoms with Crippen molar-refractivity contribution >= 4 is 0 Å². The van der Waals surface area contributed by atoms with E-state index in [9.17, 15) is 40.9 Å². The Balaban J connectivity index is 1.98. The van der Waals surface area contributed by atoms with Crippen LogP contribution in [0.4, 0.5) is 0 Å². The van der Waals surface area contributed by atoms with Gasteiger partial charge in [-0.1, -0.05) is 67.1 Å². The van der Waals surface area contributed by atoms with E-state index in [1.165, 1.54) is 48.5 Å². The lowest BCUT2D eigenvalue weighted by Crippen LogP contribution is -2.30. The Kier molecular flexibility index (Phi) is 9.37. The molecular formula is C37H38O8. The van der Waals surface area contributed by atoms with E-state index in [0.717, 1.165) is 0 Å². The van der Waals surface area contributed by atoms with Crippen molar-refractivity contribution in [2.75, 3.05) is 0 Å². The van der Waals surface area contributed by atoms with E-state index in [1.54, 1.807) is 24.3 Å². The minimum Gasteiger partial charge on any atom is -0.508 e. The predicted octanol–water partition coefficient (Wildman–Crippen LogP) is 7.48. The molecule has 4 aromatic carbocycles. The highest BCUT2D eigenvalue weighted by molar-refractivity contribution is 5.60. The van der Waals surface area contributed by atoms with Crippen molar-refractivity contribution in [3.63, 3.8) is 0 Å². The first kappa shape index (κ1) is 32.4. The SMILES string of the molecule is C\C=C/C=C\C=C(/CCC(C)(c1ccc(O)cc1O)c1ccc(O)cc1O)C(C)(c1ccc(O)cc1O)c1ccc(O)cc1O. The molecule has 0 aliphatic carbocycles. The standard InChI is InChI=1S/C37H38O8/c1-4-5-6-7-8-23(37(3,30-15-11-26(40)21-34(30)44)31-16-12-27(41)22-35(31)45)17-18-36(2,28-13-9-24(38)19-32(28)42)29-14-10-25(39)20-33(29)43/h4-16,19-22,38-45H,17-18H2,1-3H3/b5-4-,7-6-,23-8+. The average molecular weight is 611 g/mol. The summed E-state index contributed by atoms with van der Waals surface area (Å²) >= 11 is 0. The molecule has 0 fully saturated rings.